The lowest BCUT2D eigenvalue weighted by Crippen LogP contribution is -2.34. The van der Waals surface area contributed by atoms with Crippen LogP contribution in [0.1, 0.15) is 18.0 Å². The molecule has 1 aromatic rings. The lowest BCUT2D eigenvalue weighted by molar-refractivity contribution is 0.381. The molecule has 1 N–H and O–H groups in total. The summed E-state index contributed by atoms with van der Waals surface area (Å²) in [6, 6.07) is 5.38. The number of benzene rings is 1. The molecule has 0 unspecified atom stereocenters. The fourth-order valence-corrected chi connectivity index (χ4v) is 1.83. The van der Waals surface area contributed by atoms with E-state index in [4.69, 9.17) is 0 Å². The second-order valence-electron chi connectivity index (χ2n) is 3.00. The normalized spacial score (nSPS) is 20.3. The highest BCUT2D eigenvalue weighted by atomic mass is 79.9. The van der Waals surface area contributed by atoms with Gasteiger partial charge in [-0.2, -0.15) is 0 Å². The first-order chi connectivity index (χ1) is 5.75. The zero-order valence-corrected chi connectivity index (χ0v) is 9.29. The largest absolute Gasteiger partial charge is 0.310 e. The third-order valence-electron chi connectivity index (χ3n) is 2.11. The van der Waals surface area contributed by atoms with Gasteiger partial charge < -0.3 is 5.32 Å². The van der Waals surface area contributed by atoms with Gasteiger partial charge >= 0.3 is 0 Å². The van der Waals surface area contributed by atoms with Gasteiger partial charge in [0.1, 0.15) is 5.82 Å². The van der Waals surface area contributed by atoms with E-state index in [2.05, 4.69) is 21.2 Å². The molecule has 4 heteroatoms. The number of nitrogens with one attached hydrogen (secondary N) is 1. The Morgan fingerprint density at radius 2 is 2.08 bits per heavy atom. The summed E-state index contributed by atoms with van der Waals surface area (Å²) >= 11 is 3.27. The lowest BCUT2D eigenvalue weighted by Gasteiger charge is -2.28. The predicted octanol–water partition coefficient (Wildman–Crippen LogP) is 3.04. The maximum atomic E-state index is 12.9. The highest BCUT2D eigenvalue weighted by molar-refractivity contribution is 9.10. The van der Waals surface area contributed by atoms with E-state index in [-0.39, 0.29) is 18.2 Å². The number of rotatable bonds is 1. The molecule has 1 aliphatic heterocycles. The van der Waals surface area contributed by atoms with E-state index in [1.54, 1.807) is 6.07 Å². The molecular formula is C9H10BrClFN. The molecule has 1 heterocycles. The molecule has 1 fully saturated rings. The SMILES string of the molecule is Cl.Fc1cc(Br)cc([C@@H]2CCN2)c1. The molecule has 72 valence electrons. The molecule has 1 aromatic carbocycles. The van der Waals surface area contributed by atoms with Crippen molar-refractivity contribution in [3.63, 3.8) is 0 Å². The molecule has 0 aliphatic carbocycles. The van der Waals surface area contributed by atoms with Gasteiger partial charge in [-0.05, 0) is 36.7 Å². The summed E-state index contributed by atoms with van der Waals surface area (Å²) in [6.07, 6.45) is 1.11. The maximum absolute atomic E-state index is 12.9. The Labute approximate surface area is 91.3 Å². The predicted molar refractivity (Wildman–Crippen MR) is 56.7 cm³/mol. The monoisotopic (exact) mass is 265 g/mol. The van der Waals surface area contributed by atoms with Crippen molar-refractivity contribution < 1.29 is 4.39 Å². The Hall–Kier alpha value is -0.120. The number of halogens is 3. The van der Waals surface area contributed by atoms with Crippen LogP contribution in [-0.4, -0.2) is 6.54 Å². The van der Waals surface area contributed by atoms with Crippen LogP contribution >= 0.6 is 28.3 Å². The topological polar surface area (TPSA) is 12.0 Å². The average molecular weight is 267 g/mol. The second-order valence-corrected chi connectivity index (χ2v) is 3.91. The van der Waals surface area contributed by atoms with Crippen molar-refractivity contribution in [3.05, 3.63) is 34.1 Å². The molecule has 1 saturated heterocycles. The van der Waals surface area contributed by atoms with Crippen molar-refractivity contribution in [2.45, 2.75) is 12.5 Å². The van der Waals surface area contributed by atoms with Crippen LogP contribution in [0.4, 0.5) is 4.39 Å². The first-order valence-corrected chi connectivity index (χ1v) is 4.74. The van der Waals surface area contributed by atoms with Crippen LogP contribution in [0.15, 0.2) is 22.7 Å². The summed E-state index contributed by atoms with van der Waals surface area (Å²) in [5, 5.41) is 3.23. The van der Waals surface area contributed by atoms with Gasteiger partial charge in [-0.3, -0.25) is 0 Å². The quantitative estimate of drug-likeness (QED) is 0.824. The molecule has 0 radical (unpaired) electrons. The van der Waals surface area contributed by atoms with Gasteiger partial charge in [-0.15, -0.1) is 12.4 Å². The van der Waals surface area contributed by atoms with Crippen LogP contribution in [0.5, 0.6) is 0 Å². The van der Waals surface area contributed by atoms with Crippen molar-refractivity contribution in [1.29, 1.82) is 0 Å². The average Bonchev–Trinajstić information content (AvgIpc) is 1.79. The summed E-state index contributed by atoms with van der Waals surface area (Å²) in [4.78, 5) is 0. The first-order valence-electron chi connectivity index (χ1n) is 3.95. The van der Waals surface area contributed by atoms with Gasteiger partial charge in [-0.25, -0.2) is 4.39 Å². The third kappa shape index (κ3) is 2.42. The fourth-order valence-electron chi connectivity index (χ4n) is 1.35. The molecule has 0 spiro atoms. The van der Waals surface area contributed by atoms with Crippen molar-refractivity contribution >= 4 is 28.3 Å². The van der Waals surface area contributed by atoms with Crippen LogP contribution < -0.4 is 5.32 Å². The summed E-state index contributed by atoms with van der Waals surface area (Å²) < 4.78 is 13.7. The number of hydrogen-bond donors (Lipinski definition) is 1. The van der Waals surface area contributed by atoms with Crippen molar-refractivity contribution in [2.75, 3.05) is 6.54 Å². The van der Waals surface area contributed by atoms with E-state index in [0.29, 0.717) is 6.04 Å². The zero-order valence-electron chi connectivity index (χ0n) is 6.89. The van der Waals surface area contributed by atoms with Crippen molar-refractivity contribution in [2.24, 2.45) is 0 Å². The summed E-state index contributed by atoms with van der Waals surface area (Å²) in [7, 11) is 0. The molecule has 0 aromatic heterocycles. The fraction of sp³-hybridized carbons (Fsp3) is 0.333. The Morgan fingerprint density at radius 1 is 1.38 bits per heavy atom. The molecule has 13 heavy (non-hydrogen) atoms. The maximum Gasteiger partial charge on any atom is 0.124 e. The molecule has 2 rings (SSSR count). The molecule has 1 atom stereocenters. The standard InChI is InChI=1S/C9H9BrFN.ClH/c10-7-3-6(4-8(11)5-7)9-1-2-12-9;/h3-5,9,12H,1-2H2;1H/t9-;/m0./s1. The zero-order chi connectivity index (χ0) is 8.55. The van der Waals surface area contributed by atoms with E-state index in [0.717, 1.165) is 23.0 Å². The molecule has 0 saturated carbocycles. The summed E-state index contributed by atoms with van der Waals surface area (Å²) in [6.45, 7) is 1.04. The molecule has 0 amide bonds. The van der Waals surface area contributed by atoms with Crippen LogP contribution in [-0.2, 0) is 0 Å². The summed E-state index contributed by atoms with van der Waals surface area (Å²) in [5.41, 5.74) is 1.04. The van der Waals surface area contributed by atoms with E-state index >= 15 is 0 Å². The Morgan fingerprint density at radius 3 is 2.54 bits per heavy atom. The highest BCUT2D eigenvalue weighted by Gasteiger charge is 2.18. The Bertz CT molecular complexity index is 281. The third-order valence-corrected chi connectivity index (χ3v) is 2.57. The van der Waals surface area contributed by atoms with Gasteiger partial charge in [0, 0.05) is 10.5 Å². The second kappa shape index (κ2) is 4.40. The smallest absolute Gasteiger partial charge is 0.124 e. The molecule has 1 nitrogen and oxygen atoms in total. The number of hydrogen-bond acceptors (Lipinski definition) is 1. The van der Waals surface area contributed by atoms with Crippen LogP contribution in [0.25, 0.3) is 0 Å². The van der Waals surface area contributed by atoms with E-state index in [9.17, 15) is 4.39 Å². The van der Waals surface area contributed by atoms with Crippen LogP contribution in [0, 0.1) is 5.82 Å². The minimum atomic E-state index is -0.173. The van der Waals surface area contributed by atoms with Crippen molar-refractivity contribution in [1.82, 2.24) is 5.32 Å². The van der Waals surface area contributed by atoms with E-state index < -0.39 is 0 Å². The van der Waals surface area contributed by atoms with Crippen LogP contribution in [0.2, 0.25) is 0 Å². The minimum Gasteiger partial charge on any atom is -0.310 e. The van der Waals surface area contributed by atoms with Gasteiger partial charge in [-0.1, -0.05) is 15.9 Å². The summed E-state index contributed by atoms with van der Waals surface area (Å²) in [5.74, 6) is -0.173. The van der Waals surface area contributed by atoms with Gasteiger partial charge in [0.15, 0.2) is 0 Å². The van der Waals surface area contributed by atoms with Gasteiger partial charge in [0.2, 0.25) is 0 Å². The Kier molecular flexibility index (Phi) is 3.71. The van der Waals surface area contributed by atoms with Crippen molar-refractivity contribution in [3.8, 4) is 0 Å². The van der Waals surface area contributed by atoms with Gasteiger partial charge in [0.25, 0.3) is 0 Å². The van der Waals surface area contributed by atoms with Gasteiger partial charge in [0.05, 0.1) is 0 Å². The molecule has 1 aliphatic rings. The Balaban J connectivity index is 0.000000845. The highest BCUT2D eigenvalue weighted by Crippen LogP contribution is 2.26. The lowest BCUT2D eigenvalue weighted by atomic mass is 9.98. The first kappa shape index (κ1) is 11.0. The van der Waals surface area contributed by atoms with E-state index in [1.165, 1.54) is 6.07 Å². The minimum absolute atomic E-state index is 0. The molecule has 0 bridgehead atoms. The van der Waals surface area contributed by atoms with Crippen LogP contribution in [0.3, 0.4) is 0 Å². The van der Waals surface area contributed by atoms with E-state index in [1.807, 2.05) is 6.07 Å². The molecular weight excluding hydrogens is 256 g/mol.